The Balaban J connectivity index is 3.03. The third-order valence-electron chi connectivity index (χ3n) is 2.14. The molecule has 0 saturated heterocycles. The van der Waals surface area contributed by atoms with Crippen molar-refractivity contribution >= 4 is 17.6 Å². The van der Waals surface area contributed by atoms with E-state index in [4.69, 9.17) is 14.6 Å². The van der Waals surface area contributed by atoms with Crippen molar-refractivity contribution in [2.75, 3.05) is 19.0 Å². The SMILES string of the molecule is COCC(=O)Nc1cc(C(=O)O)ccc1OC(C)C. The second kappa shape index (κ2) is 6.75. The molecule has 0 radical (unpaired) electrons. The van der Waals surface area contributed by atoms with Crippen molar-refractivity contribution in [3.63, 3.8) is 0 Å². The van der Waals surface area contributed by atoms with Gasteiger partial charge in [0.1, 0.15) is 12.4 Å². The maximum Gasteiger partial charge on any atom is 0.335 e. The molecule has 2 N–H and O–H groups in total. The molecular weight excluding hydrogens is 250 g/mol. The van der Waals surface area contributed by atoms with Crippen LogP contribution in [0.25, 0.3) is 0 Å². The van der Waals surface area contributed by atoms with E-state index in [0.717, 1.165) is 0 Å². The second-order valence-electron chi connectivity index (χ2n) is 4.16. The molecule has 0 unspecified atom stereocenters. The zero-order chi connectivity index (χ0) is 14.4. The average molecular weight is 267 g/mol. The van der Waals surface area contributed by atoms with Crippen molar-refractivity contribution in [3.8, 4) is 5.75 Å². The standard InChI is InChI=1S/C13H17NO5/c1-8(2)19-11-5-4-9(13(16)17)6-10(11)14-12(15)7-18-3/h4-6,8H,7H2,1-3H3,(H,14,15)(H,16,17). The molecule has 1 rings (SSSR count). The Hall–Kier alpha value is -2.08. The Bertz CT molecular complexity index is 470. The number of anilines is 1. The van der Waals surface area contributed by atoms with Gasteiger partial charge in [-0.2, -0.15) is 0 Å². The minimum atomic E-state index is -1.07. The molecule has 1 aromatic carbocycles. The summed E-state index contributed by atoms with van der Waals surface area (Å²) in [5, 5.41) is 11.5. The number of aromatic carboxylic acids is 1. The molecule has 0 spiro atoms. The number of methoxy groups -OCH3 is 1. The van der Waals surface area contributed by atoms with Crippen molar-refractivity contribution < 1.29 is 24.2 Å². The van der Waals surface area contributed by atoms with Gasteiger partial charge in [0.2, 0.25) is 5.91 Å². The van der Waals surface area contributed by atoms with Gasteiger partial charge in [-0.3, -0.25) is 4.79 Å². The van der Waals surface area contributed by atoms with Crippen molar-refractivity contribution in [2.45, 2.75) is 20.0 Å². The predicted octanol–water partition coefficient (Wildman–Crippen LogP) is 1.76. The summed E-state index contributed by atoms with van der Waals surface area (Å²) in [6, 6.07) is 4.30. The molecule has 0 aliphatic carbocycles. The number of hydrogen-bond acceptors (Lipinski definition) is 4. The molecule has 6 heteroatoms. The lowest BCUT2D eigenvalue weighted by atomic mass is 10.2. The fraction of sp³-hybridized carbons (Fsp3) is 0.385. The second-order valence-corrected chi connectivity index (χ2v) is 4.16. The van der Waals surface area contributed by atoms with Crippen LogP contribution in [0.15, 0.2) is 18.2 Å². The molecule has 1 aromatic rings. The summed E-state index contributed by atoms with van der Waals surface area (Å²) in [5.41, 5.74) is 0.388. The number of ether oxygens (including phenoxy) is 2. The van der Waals surface area contributed by atoms with Crippen molar-refractivity contribution in [2.24, 2.45) is 0 Å². The van der Waals surface area contributed by atoms with E-state index in [-0.39, 0.29) is 24.2 Å². The number of hydrogen-bond donors (Lipinski definition) is 2. The van der Waals surface area contributed by atoms with Crippen LogP contribution in [-0.4, -0.2) is 36.8 Å². The largest absolute Gasteiger partial charge is 0.489 e. The number of carboxylic acid groups (broad SMARTS) is 1. The lowest BCUT2D eigenvalue weighted by Crippen LogP contribution is -2.19. The summed E-state index contributed by atoms with van der Waals surface area (Å²) in [6.07, 6.45) is -0.0891. The molecule has 0 fully saturated rings. The number of nitrogens with one attached hydrogen (secondary N) is 1. The van der Waals surface area contributed by atoms with E-state index in [0.29, 0.717) is 11.4 Å². The molecule has 0 bridgehead atoms. The summed E-state index contributed by atoms with van der Waals surface area (Å²) in [5.74, 6) is -1.03. The van der Waals surface area contributed by atoms with Gasteiger partial charge in [-0.15, -0.1) is 0 Å². The van der Waals surface area contributed by atoms with Crippen LogP contribution in [0.2, 0.25) is 0 Å². The van der Waals surface area contributed by atoms with Gasteiger partial charge in [0.05, 0.1) is 17.4 Å². The number of amides is 1. The first kappa shape index (κ1) is 15.0. The highest BCUT2D eigenvalue weighted by Crippen LogP contribution is 2.27. The molecule has 0 atom stereocenters. The van der Waals surface area contributed by atoms with Gasteiger partial charge in [0, 0.05) is 7.11 Å². The van der Waals surface area contributed by atoms with E-state index < -0.39 is 5.97 Å². The molecule has 0 aliphatic heterocycles. The third kappa shape index (κ3) is 4.59. The van der Waals surface area contributed by atoms with E-state index in [9.17, 15) is 9.59 Å². The Kier molecular flexibility index (Phi) is 5.32. The van der Waals surface area contributed by atoms with E-state index in [1.54, 1.807) is 0 Å². The van der Waals surface area contributed by atoms with Crippen molar-refractivity contribution in [1.29, 1.82) is 0 Å². The fourth-order valence-corrected chi connectivity index (χ4v) is 1.43. The zero-order valence-electron chi connectivity index (χ0n) is 11.1. The van der Waals surface area contributed by atoms with Crippen LogP contribution in [0.3, 0.4) is 0 Å². The molecule has 19 heavy (non-hydrogen) atoms. The molecule has 1 amide bonds. The first-order chi connectivity index (χ1) is 8.93. The van der Waals surface area contributed by atoms with Crippen LogP contribution >= 0.6 is 0 Å². The van der Waals surface area contributed by atoms with Crippen molar-refractivity contribution in [1.82, 2.24) is 0 Å². The molecule has 0 heterocycles. The van der Waals surface area contributed by atoms with Crippen LogP contribution in [0.1, 0.15) is 24.2 Å². The maximum atomic E-state index is 11.5. The Morgan fingerprint density at radius 1 is 1.37 bits per heavy atom. The van der Waals surface area contributed by atoms with Gasteiger partial charge in [-0.05, 0) is 32.0 Å². The Morgan fingerprint density at radius 2 is 2.05 bits per heavy atom. The molecule has 104 valence electrons. The number of carbonyl (C=O) groups excluding carboxylic acids is 1. The van der Waals surface area contributed by atoms with E-state index in [1.165, 1.54) is 25.3 Å². The normalized spacial score (nSPS) is 10.3. The van der Waals surface area contributed by atoms with Gasteiger partial charge in [-0.1, -0.05) is 0 Å². The highest BCUT2D eigenvalue weighted by Gasteiger charge is 2.13. The predicted molar refractivity (Wildman–Crippen MR) is 69.7 cm³/mol. The van der Waals surface area contributed by atoms with Gasteiger partial charge in [0.15, 0.2) is 0 Å². The quantitative estimate of drug-likeness (QED) is 0.820. The van der Waals surface area contributed by atoms with Gasteiger partial charge in [-0.25, -0.2) is 4.79 Å². The van der Waals surface area contributed by atoms with Crippen LogP contribution in [0.5, 0.6) is 5.75 Å². The van der Waals surface area contributed by atoms with Gasteiger partial charge < -0.3 is 19.9 Å². The molecule has 0 saturated carbocycles. The monoisotopic (exact) mass is 267 g/mol. The number of benzene rings is 1. The first-order valence-corrected chi connectivity index (χ1v) is 5.76. The van der Waals surface area contributed by atoms with Crippen LogP contribution < -0.4 is 10.1 Å². The summed E-state index contributed by atoms with van der Waals surface area (Å²) in [7, 11) is 1.40. The lowest BCUT2D eigenvalue weighted by Gasteiger charge is -2.15. The summed E-state index contributed by atoms with van der Waals surface area (Å²) >= 11 is 0. The average Bonchev–Trinajstić information content (AvgIpc) is 2.30. The van der Waals surface area contributed by atoms with Gasteiger partial charge in [0.25, 0.3) is 0 Å². The van der Waals surface area contributed by atoms with E-state index >= 15 is 0 Å². The summed E-state index contributed by atoms with van der Waals surface area (Å²) < 4.78 is 10.2. The van der Waals surface area contributed by atoms with Crippen LogP contribution in [-0.2, 0) is 9.53 Å². The maximum absolute atomic E-state index is 11.5. The number of carbonyl (C=O) groups is 2. The summed E-state index contributed by atoms with van der Waals surface area (Å²) in [4.78, 5) is 22.4. The number of carboxylic acids is 1. The highest BCUT2D eigenvalue weighted by atomic mass is 16.5. The van der Waals surface area contributed by atoms with Crippen LogP contribution in [0, 0.1) is 0 Å². The molecule has 6 nitrogen and oxygen atoms in total. The van der Waals surface area contributed by atoms with Crippen molar-refractivity contribution in [3.05, 3.63) is 23.8 Å². The third-order valence-corrected chi connectivity index (χ3v) is 2.14. The lowest BCUT2D eigenvalue weighted by molar-refractivity contribution is -0.119. The molecule has 0 aliphatic rings. The highest BCUT2D eigenvalue weighted by molar-refractivity contribution is 5.96. The van der Waals surface area contributed by atoms with E-state index in [1.807, 2.05) is 13.8 Å². The Labute approximate surface area is 111 Å². The minimum absolute atomic E-state index is 0.0730. The molecular formula is C13H17NO5. The topological polar surface area (TPSA) is 84.9 Å². The summed E-state index contributed by atoms with van der Waals surface area (Å²) in [6.45, 7) is 3.57. The van der Waals surface area contributed by atoms with E-state index in [2.05, 4.69) is 5.32 Å². The zero-order valence-corrected chi connectivity index (χ0v) is 11.1. The first-order valence-electron chi connectivity index (χ1n) is 5.76. The number of rotatable bonds is 6. The van der Waals surface area contributed by atoms with Gasteiger partial charge >= 0.3 is 5.97 Å². The smallest absolute Gasteiger partial charge is 0.335 e. The fourth-order valence-electron chi connectivity index (χ4n) is 1.43. The minimum Gasteiger partial charge on any atom is -0.489 e. The van der Waals surface area contributed by atoms with Crippen LogP contribution in [0.4, 0.5) is 5.69 Å². The Morgan fingerprint density at radius 3 is 2.58 bits per heavy atom. The molecule has 0 aromatic heterocycles.